The molecule has 0 aliphatic heterocycles. The van der Waals surface area contributed by atoms with E-state index in [2.05, 4.69) is 13.8 Å². The molecule has 0 amide bonds. The summed E-state index contributed by atoms with van der Waals surface area (Å²) in [7, 11) is 0. The van der Waals surface area contributed by atoms with Gasteiger partial charge in [-0.3, -0.25) is 0 Å². The molecule has 134 valence electrons. The van der Waals surface area contributed by atoms with Crippen molar-refractivity contribution in [3.63, 3.8) is 0 Å². The molecule has 0 aromatic rings. The van der Waals surface area contributed by atoms with Crippen molar-refractivity contribution in [2.24, 2.45) is 17.3 Å². The summed E-state index contributed by atoms with van der Waals surface area (Å²) in [6.45, 7) is 9.81. The van der Waals surface area contributed by atoms with Crippen molar-refractivity contribution in [1.82, 2.24) is 0 Å². The summed E-state index contributed by atoms with van der Waals surface area (Å²) in [4.78, 5) is 0. The standard InChI is InChI=1S/C19H37F3/c1-6-9-11-12-14-16(8-3)17(19(20,21)22)18(4,5)15-13-10-7-2/h16-17H,6-15H2,1-5H3. The van der Waals surface area contributed by atoms with Crippen molar-refractivity contribution in [3.8, 4) is 0 Å². The third kappa shape index (κ3) is 7.87. The van der Waals surface area contributed by atoms with Gasteiger partial charge in [-0.15, -0.1) is 0 Å². The van der Waals surface area contributed by atoms with E-state index in [1.165, 1.54) is 0 Å². The molecular weight excluding hydrogens is 285 g/mol. The zero-order chi connectivity index (χ0) is 17.2. The van der Waals surface area contributed by atoms with E-state index >= 15 is 0 Å². The van der Waals surface area contributed by atoms with Crippen molar-refractivity contribution < 1.29 is 13.2 Å². The van der Waals surface area contributed by atoms with Gasteiger partial charge in [0.25, 0.3) is 0 Å². The lowest BCUT2D eigenvalue weighted by atomic mass is 9.66. The molecule has 2 atom stereocenters. The minimum Gasteiger partial charge on any atom is -0.171 e. The van der Waals surface area contributed by atoms with Crippen LogP contribution >= 0.6 is 0 Å². The maximum atomic E-state index is 13.7. The van der Waals surface area contributed by atoms with Crippen molar-refractivity contribution in [2.45, 2.75) is 105 Å². The number of alkyl halides is 3. The van der Waals surface area contributed by atoms with Crippen molar-refractivity contribution in [1.29, 1.82) is 0 Å². The molecule has 0 nitrogen and oxygen atoms in total. The maximum Gasteiger partial charge on any atom is 0.392 e. The smallest absolute Gasteiger partial charge is 0.171 e. The van der Waals surface area contributed by atoms with Crippen LogP contribution in [0.25, 0.3) is 0 Å². The van der Waals surface area contributed by atoms with Gasteiger partial charge in [0, 0.05) is 0 Å². The van der Waals surface area contributed by atoms with E-state index in [0.717, 1.165) is 51.4 Å². The van der Waals surface area contributed by atoms with Gasteiger partial charge < -0.3 is 0 Å². The number of halogens is 3. The Labute approximate surface area is 136 Å². The number of hydrogen-bond acceptors (Lipinski definition) is 0. The Morgan fingerprint density at radius 2 is 1.32 bits per heavy atom. The fraction of sp³-hybridized carbons (Fsp3) is 1.00. The molecule has 0 aliphatic carbocycles. The third-order valence-corrected chi connectivity index (χ3v) is 5.04. The molecule has 0 aliphatic rings. The van der Waals surface area contributed by atoms with E-state index in [1.807, 2.05) is 20.8 Å². The van der Waals surface area contributed by atoms with Gasteiger partial charge in [-0.1, -0.05) is 86.0 Å². The topological polar surface area (TPSA) is 0 Å². The van der Waals surface area contributed by atoms with Gasteiger partial charge in [0.05, 0.1) is 5.92 Å². The molecule has 0 radical (unpaired) electrons. The summed E-state index contributed by atoms with van der Waals surface area (Å²) in [5.74, 6) is -1.39. The van der Waals surface area contributed by atoms with Gasteiger partial charge in [-0.25, -0.2) is 0 Å². The quantitative estimate of drug-likeness (QED) is 0.322. The number of rotatable bonds is 12. The molecule has 0 bridgehead atoms. The summed E-state index contributed by atoms with van der Waals surface area (Å²) >= 11 is 0. The van der Waals surface area contributed by atoms with Crippen LogP contribution in [0.1, 0.15) is 98.8 Å². The fourth-order valence-corrected chi connectivity index (χ4v) is 3.77. The van der Waals surface area contributed by atoms with Gasteiger partial charge in [-0.2, -0.15) is 13.2 Å². The first-order chi connectivity index (χ1) is 10.2. The number of unbranched alkanes of at least 4 members (excludes halogenated alkanes) is 5. The summed E-state index contributed by atoms with van der Waals surface area (Å²) in [5, 5.41) is 0. The fourth-order valence-electron chi connectivity index (χ4n) is 3.77. The van der Waals surface area contributed by atoms with Crippen LogP contribution < -0.4 is 0 Å². The summed E-state index contributed by atoms with van der Waals surface area (Å²) in [5.41, 5.74) is -0.654. The van der Waals surface area contributed by atoms with E-state index in [1.54, 1.807) is 0 Å². The van der Waals surface area contributed by atoms with Crippen LogP contribution in [0.4, 0.5) is 13.2 Å². The molecule has 0 N–H and O–H groups in total. The molecule has 0 fully saturated rings. The van der Waals surface area contributed by atoms with Crippen LogP contribution in [-0.4, -0.2) is 6.18 Å². The van der Waals surface area contributed by atoms with E-state index in [4.69, 9.17) is 0 Å². The van der Waals surface area contributed by atoms with E-state index in [-0.39, 0.29) is 5.92 Å². The van der Waals surface area contributed by atoms with Gasteiger partial charge in [-0.05, 0) is 24.2 Å². The normalized spacial score (nSPS) is 15.8. The second-order valence-electron chi connectivity index (χ2n) is 7.48. The van der Waals surface area contributed by atoms with E-state index in [0.29, 0.717) is 12.8 Å². The lowest BCUT2D eigenvalue weighted by Crippen LogP contribution is -2.41. The van der Waals surface area contributed by atoms with Gasteiger partial charge >= 0.3 is 6.18 Å². The Morgan fingerprint density at radius 1 is 0.773 bits per heavy atom. The van der Waals surface area contributed by atoms with Crippen LogP contribution in [-0.2, 0) is 0 Å². The highest BCUT2D eigenvalue weighted by molar-refractivity contribution is 4.88. The molecule has 0 aromatic heterocycles. The minimum absolute atomic E-state index is 0.228. The van der Waals surface area contributed by atoms with Crippen molar-refractivity contribution in [2.75, 3.05) is 0 Å². The molecule has 2 unspecified atom stereocenters. The predicted octanol–water partition coefficient (Wildman–Crippen LogP) is 7.77. The highest BCUT2D eigenvalue weighted by Crippen LogP contribution is 2.49. The van der Waals surface area contributed by atoms with Gasteiger partial charge in [0.15, 0.2) is 0 Å². The van der Waals surface area contributed by atoms with Crippen molar-refractivity contribution in [3.05, 3.63) is 0 Å². The van der Waals surface area contributed by atoms with E-state index < -0.39 is 17.5 Å². The molecule has 0 rings (SSSR count). The monoisotopic (exact) mass is 322 g/mol. The number of hydrogen-bond donors (Lipinski definition) is 0. The second kappa shape index (κ2) is 10.5. The molecular formula is C19H37F3. The second-order valence-corrected chi connectivity index (χ2v) is 7.48. The summed E-state index contributed by atoms with van der Waals surface area (Å²) in [6, 6.07) is 0. The van der Waals surface area contributed by atoms with Crippen LogP contribution in [0.5, 0.6) is 0 Å². The largest absolute Gasteiger partial charge is 0.392 e. The van der Waals surface area contributed by atoms with Gasteiger partial charge in [0.1, 0.15) is 0 Å². The first kappa shape index (κ1) is 21.8. The van der Waals surface area contributed by atoms with Gasteiger partial charge in [0.2, 0.25) is 0 Å². The highest BCUT2D eigenvalue weighted by atomic mass is 19.4. The summed E-state index contributed by atoms with van der Waals surface area (Å²) in [6.07, 6.45) is 5.19. The highest BCUT2D eigenvalue weighted by Gasteiger charge is 2.51. The lowest BCUT2D eigenvalue weighted by molar-refractivity contribution is -0.221. The Kier molecular flexibility index (Phi) is 10.4. The molecule has 3 heteroatoms. The predicted molar refractivity (Wildman–Crippen MR) is 90.0 cm³/mol. The molecule has 0 spiro atoms. The molecule has 0 aromatic carbocycles. The zero-order valence-corrected chi connectivity index (χ0v) is 15.4. The Bertz CT molecular complexity index is 268. The molecule has 0 heterocycles. The van der Waals surface area contributed by atoms with Crippen LogP contribution in [0.15, 0.2) is 0 Å². The van der Waals surface area contributed by atoms with E-state index in [9.17, 15) is 13.2 Å². The van der Waals surface area contributed by atoms with Crippen LogP contribution in [0, 0.1) is 17.3 Å². The first-order valence-electron chi connectivity index (χ1n) is 9.27. The maximum absolute atomic E-state index is 13.7. The Hall–Kier alpha value is -0.210. The van der Waals surface area contributed by atoms with Crippen LogP contribution in [0.3, 0.4) is 0 Å². The Balaban J connectivity index is 4.91. The Morgan fingerprint density at radius 3 is 1.77 bits per heavy atom. The van der Waals surface area contributed by atoms with Crippen LogP contribution in [0.2, 0.25) is 0 Å². The third-order valence-electron chi connectivity index (χ3n) is 5.04. The SMILES string of the molecule is CCCCCCC(CC)C(C(F)(F)F)C(C)(C)CCCCC. The average Bonchev–Trinajstić information content (AvgIpc) is 2.40. The minimum atomic E-state index is -4.08. The first-order valence-corrected chi connectivity index (χ1v) is 9.27. The summed E-state index contributed by atoms with van der Waals surface area (Å²) < 4.78 is 41.2. The molecule has 22 heavy (non-hydrogen) atoms. The zero-order valence-electron chi connectivity index (χ0n) is 15.4. The van der Waals surface area contributed by atoms with Crippen molar-refractivity contribution >= 4 is 0 Å². The average molecular weight is 322 g/mol. The molecule has 0 saturated carbocycles. The lowest BCUT2D eigenvalue weighted by Gasteiger charge is -2.41. The molecule has 0 saturated heterocycles.